The van der Waals surface area contributed by atoms with E-state index in [0.29, 0.717) is 12.1 Å². The Bertz CT molecular complexity index is 411. The molecule has 1 atom stereocenters. The molecule has 0 amide bonds. The number of rotatable bonds is 6. The van der Waals surface area contributed by atoms with Crippen molar-refractivity contribution in [2.75, 3.05) is 7.05 Å². The van der Waals surface area contributed by atoms with E-state index in [0.717, 1.165) is 17.7 Å². The molecule has 1 aliphatic carbocycles. The summed E-state index contributed by atoms with van der Waals surface area (Å²) >= 11 is 0. The van der Waals surface area contributed by atoms with Gasteiger partial charge in [-0.15, -0.1) is 0 Å². The van der Waals surface area contributed by atoms with Crippen molar-refractivity contribution in [2.45, 2.75) is 51.2 Å². The maximum Gasteiger partial charge on any atom is 0.138 e. The van der Waals surface area contributed by atoms with Crippen LogP contribution in [-0.4, -0.2) is 24.2 Å². The fourth-order valence-corrected chi connectivity index (χ4v) is 2.32. The Hall–Kier alpha value is -1.35. The van der Waals surface area contributed by atoms with Crippen LogP contribution >= 0.6 is 0 Å². The SMILES string of the molecule is CNC(C)CC=Cc1cncc(OC2CCCC2)c1. The summed E-state index contributed by atoms with van der Waals surface area (Å²) in [5.41, 5.74) is 1.11. The molecule has 0 saturated heterocycles. The number of aromatic nitrogens is 1. The van der Waals surface area contributed by atoms with Gasteiger partial charge in [-0.05, 0) is 57.7 Å². The largest absolute Gasteiger partial charge is 0.489 e. The fourth-order valence-electron chi connectivity index (χ4n) is 2.32. The first-order valence-electron chi connectivity index (χ1n) is 7.23. The minimum Gasteiger partial charge on any atom is -0.489 e. The molecule has 1 N–H and O–H groups in total. The summed E-state index contributed by atoms with van der Waals surface area (Å²) in [4.78, 5) is 4.25. The molecule has 3 heteroatoms. The van der Waals surface area contributed by atoms with E-state index in [4.69, 9.17) is 4.74 Å². The molecule has 1 fully saturated rings. The van der Waals surface area contributed by atoms with Gasteiger partial charge in [0.15, 0.2) is 0 Å². The van der Waals surface area contributed by atoms with Crippen molar-refractivity contribution in [1.29, 1.82) is 0 Å². The van der Waals surface area contributed by atoms with Crippen LogP contribution in [0.5, 0.6) is 5.75 Å². The Kier molecular flexibility index (Phi) is 5.40. The van der Waals surface area contributed by atoms with E-state index in [2.05, 4.69) is 35.4 Å². The molecule has 1 aromatic heterocycles. The van der Waals surface area contributed by atoms with Crippen molar-refractivity contribution in [3.8, 4) is 5.75 Å². The molecule has 19 heavy (non-hydrogen) atoms. The normalized spacial score (nSPS) is 18.0. The summed E-state index contributed by atoms with van der Waals surface area (Å²) in [5, 5.41) is 3.22. The topological polar surface area (TPSA) is 34.2 Å². The third kappa shape index (κ3) is 4.67. The number of hydrogen-bond acceptors (Lipinski definition) is 3. The van der Waals surface area contributed by atoms with Crippen LogP contribution in [0.1, 0.15) is 44.6 Å². The highest BCUT2D eigenvalue weighted by molar-refractivity contribution is 5.49. The van der Waals surface area contributed by atoms with Crippen LogP contribution in [0, 0.1) is 0 Å². The van der Waals surface area contributed by atoms with Crippen molar-refractivity contribution in [1.82, 2.24) is 10.3 Å². The molecule has 1 unspecified atom stereocenters. The molecular weight excluding hydrogens is 236 g/mol. The highest BCUT2D eigenvalue weighted by Gasteiger charge is 2.16. The molecule has 2 rings (SSSR count). The molecule has 0 spiro atoms. The van der Waals surface area contributed by atoms with Gasteiger partial charge in [0, 0.05) is 12.2 Å². The third-order valence-electron chi connectivity index (χ3n) is 3.63. The highest BCUT2D eigenvalue weighted by Crippen LogP contribution is 2.24. The molecule has 1 heterocycles. The molecule has 0 radical (unpaired) electrons. The summed E-state index contributed by atoms with van der Waals surface area (Å²) in [6.07, 6.45) is 14.3. The van der Waals surface area contributed by atoms with E-state index in [1.807, 2.05) is 19.4 Å². The smallest absolute Gasteiger partial charge is 0.138 e. The Morgan fingerprint density at radius 3 is 2.95 bits per heavy atom. The second kappa shape index (κ2) is 7.29. The molecular formula is C16H24N2O. The average molecular weight is 260 g/mol. The Morgan fingerprint density at radius 2 is 2.21 bits per heavy atom. The summed E-state index contributed by atoms with van der Waals surface area (Å²) in [7, 11) is 1.98. The minimum atomic E-state index is 0.394. The first-order valence-corrected chi connectivity index (χ1v) is 7.23. The predicted octanol–water partition coefficient (Wildman–Crippen LogP) is 3.41. The van der Waals surface area contributed by atoms with Gasteiger partial charge in [-0.1, -0.05) is 12.2 Å². The summed E-state index contributed by atoms with van der Waals surface area (Å²) in [6, 6.07) is 2.58. The lowest BCUT2D eigenvalue weighted by atomic mass is 10.2. The van der Waals surface area contributed by atoms with Crippen LogP contribution < -0.4 is 10.1 Å². The van der Waals surface area contributed by atoms with Gasteiger partial charge in [0.1, 0.15) is 5.75 Å². The van der Waals surface area contributed by atoms with Crippen molar-refractivity contribution in [3.05, 3.63) is 30.1 Å². The maximum absolute atomic E-state index is 5.96. The van der Waals surface area contributed by atoms with E-state index >= 15 is 0 Å². The van der Waals surface area contributed by atoms with E-state index < -0.39 is 0 Å². The Morgan fingerprint density at radius 1 is 1.42 bits per heavy atom. The number of nitrogens with one attached hydrogen (secondary N) is 1. The zero-order valence-electron chi connectivity index (χ0n) is 11.9. The van der Waals surface area contributed by atoms with E-state index in [-0.39, 0.29) is 0 Å². The van der Waals surface area contributed by atoms with Gasteiger partial charge in [0.25, 0.3) is 0 Å². The quantitative estimate of drug-likeness (QED) is 0.851. The number of nitrogens with zero attached hydrogens (tertiary/aromatic N) is 1. The molecule has 0 aromatic carbocycles. The lowest BCUT2D eigenvalue weighted by Gasteiger charge is -2.12. The number of ether oxygens (including phenoxy) is 1. The predicted molar refractivity (Wildman–Crippen MR) is 79.3 cm³/mol. The Labute approximate surface area is 116 Å². The van der Waals surface area contributed by atoms with E-state index in [1.54, 1.807) is 0 Å². The lowest BCUT2D eigenvalue weighted by Crippen LogP contribution is -2.19. The molecule has 1 aliphatic rings. The summed E-state index contributed by atoms with van der Waals surface area (Å²) in [5.74, 6) is 0.899. The van der Waals surface area contributed by atoms with Gasteiger partial charge < -0.3 is 10.1 Å². The van der Waals surface area contributed by atoms with Gasteiger partial charge in [0.05, 0.1) is 12.3 Å². The molecule has 104 valence electrons. The van der Waals surface area contributed by atoms with Gasteiger partial charge in [-0.25, -0.2) is 0 Å². The second-order valence-corrected chi connectivity index (χ2v) is 5.31. The van der Waals surface area contributed by atoms with Crippen LogP contribution in [0.25, 0.3) is 6.08 Å². The monoisotopic (exact) mass is 260 g/mol. The molecule has 1 aromatic rings. The molecule has 1 saturated carbocycles. The number of hydrogen-bond donors (Lipinski definition) is 1. The first-order chi connectivity index (χ1) is 9.28. The maximum atomic E-state index is 5.96. The molecule has 0 aliphatic heterocycles. The van der Waals surface area contributed by atoms with Crippen molar-refractivity contribution in [3.63, 3.8) is 0 Å². The third-order valence-corrected chi connectivity index (χ3v) is 3.63. The zero-order valence-corrected chi connectivity index (χ0v) is 11.9. The molecule has 0 bridgehead atoms. The van der Waals surface area contributed by atoms with Crippen LogP contribution in [0.15, 0.2) is 24.5 Å². The highest BCUT2D eigenvalue weighted by atomic mass is 16.5. The Balaban J connectivity index is 1.90. The number of pyridine rings is 1. The first kappa shape index (κ1) is 14.1. The van der Waals surface area contributed by atoms with Gasteiger partial charge in [-0.2, -0.15) is 0 Å². The van der Waals surface area contributed by atoms with Crippen LogP contribution in [0.3, 0.4) is 0 Å². The van der Waals surface area contributed by atoms with Crippen LogP contribution in [0.2, 0.25) is 0 Å². The van der Waals surface area contributed by atoms with Gasteiger partial charge in [0.2, 0.25) is 0 Å². The van der Waals surface area contributed by atoms with Crippen molar-refractivity contribution < 1.29 is 4.74 Å². The van der Waals surface area contributed by atoms with Gasteiger partial charge in [-0.3, -0.25) is 4.98 Å². The summed E-state index contributed by atoms with van der Waals surface area (Å²) in [6.45, 7) is 2.17. The lowest BCUT2D eigenvalue weighted by molar-refractivity contribution is 0.209. The van der Waals surface area contributed by atoms with Crippen LogP contribution in [0.4, 0.5) is 0 Å². The van der Waals surface area contributed by atoms with Gasteiger partial charge >= 0.3 is 0 Å². The summed E-state index contributed by atoms with van der Waals surface area (Å²) < 4.78 is 5.96. The van der Waals surface area contributed by atoms with Crippen LogP contribution in [-0.2, 0) is 0 Å². The zero-order chi connectivity index (χ0) is 13.5. The average Bonchev–Trinajstić information content (AvgIpc) is 2.92. The van der Waals surface area contributed by atoms with Crippen molar-refractivity contribution in [2.24, 2.45) is 0 Å². The minimum absolute atomic E-state index is 0.394. The second-order valence-electron chi connectivity index (χ2n) is 5.31. The van der Waals surface area contributed by atoms with E-state index in [1.165, 1.54) is 25.7 Å². The fraction of sp³-hybridized carbons (Fsp3) is 0.562. The standard InChI is InChI=1S/C16H24N2O/c1-13(17-2)6-5-7-14-10-16(12-18-11-14)19-15-8-3-4-9-15/h5,7,10-13,15,17H,3-4,6,8-9H2,1-2H3. The van der Waals surface area contributed by atoms with E-state index in [9.17, 15) is 0 Å². The van der Waals surface area contributed by atoms with Crippen molar-refractivity contribution >= 4 is 6.08 Å². The molecule has 3 nitrogen and oxygen atoms in total.